The van der Waals surface area contributed by atoms with Gasteiger partial charge >= 0.3 is 12.0 Å². The number of benzene rings is 2. The summed E-state index contributed by atoms with van der Waals surface area (Å²) in [5.74, 6) is 0.0833. The van der Waals surface area contributed by atoms with Crippen LogP contribution >= 0.6 is 0 Å². The molecule has 1 atom stereocenters. The van der Waals surface area contributed by atoms with Crippen LogP contribution < -0.4 is 25.4 Å². The molecule has 3 N–H and O–H groups in total. The van der Waals surface area contributed by atoms with Gasteiger partial charge in [-0.25, -0.2) is 14.0 Å². The number of halogens is 1. The van der Waals surface area contributed by atoms with E-state index in [-0.39, 0.29) is 31.1 Å². The molecule has 2 aromatic rings. The van der Waals surface area contributed by atoms with Crippen molar-refractivity contribution in [3.05, 3.63) is 70.7 Å². The van der Waals surface area contributed by atoms with E-state index in [1.54, 1.807) is 43.3 Å². The summed E-state index contributed by atoms with van der Waals surface area (Å²) in [6.07, 6.45) is 0. The number of hydrogen-bond acceptors (Lipinski definition) is 6. The molecule has 9 heteroatoms. The Kier molecular flexibility index (Phi) is 7.67. The Morgan fingerprint density at radius 1 is 1.12 bits per heavy atom. The quantitative estimate of drug-likeness (QED) is 0.516. The Bertz CT molecular complexity index is 1020. The van der Waals surface area contributed by atoms with Crippen molar-refractivity contribution in [2.24, 2.45) is 0 Å². The standard InChI is InChI=1S/C23H26FN3O5/c1-4-32-22(28)20-18(13-25-12-14-7-5-6-8-17(14)24)26-23(29)27-21(20)16-11-15(30-2)9-10-19(16)31-3/h5-11,21,25H,4,12-13H2,1-3H3,(H2,26,27,29). The zero-order chi connectivity index (χ0) is 23.1. The Morgan fingerprint density at radius 2 is 1.91 bits per heavy atom. The van der Waals surface area contributed by atoms with E-state index in [9.17, 15) is 14.0 Å². The molecule has 1 unspecified atom stereocenters. The number of carbonyl (C=O) groups is 2. The molecule has 32 heavy (non-hydrogen) atoms. The fourth-order valence-corrected chi connectivity index (χ4v) is 3.47. The third-order valence-electron chi connectivity index (χ3n) is 4.97. The Hall–Kier alpha value is -3.59. The molecule has 2 aromatic carbocycles. The zero-order valence-electron chi connectivity index (χ0n) is 18.2. The largest absolute Gasteiger partial charge is 0.497 e. The molecule has 0 bridgehead atoms. The molecular formula is C23H26FN3O5. The highest BCUT2D eigenvalue weighted by Gasteiger charge is 2.35. The first-order valence-electron chi connectivity index (χ1n) is 10.1. The summed E-state index contributed by atoms with van der Waals surface area (Å²) in [7, 11) is 3.02. The molecule has 0 aromatic heterocycles. The maximum absolute atomic E-state index is 13.9. The molecule has 0 saturated heterocycles. The summed E-state index contributed by atoms with van der Waals surface area (Å²) in [5.41, 5.74) is 1.56. The van der Waals surface area contributed by atoms with Gasteiger partial charge < -0.3 is 30.2 Å². The second-order valence-electron chi connectivity index (χ2n) is 6.95. The van der Waals surface area contributed by atoms with E-state index in [1.807, 2.05) is 0 Å². The second kappa shape index (κ2) is 10.6. The number of nitrogens with one attached hydrogen (secondary N) is 3. The lowest BCUT2D eigenvalue weighted by atomic mass is 9.94. The monoisotopic (exact) mass is 443 g/mol. The van der Waals surface area contributed by atoms with Crippen LogP contribution in [0.3, 0.4) is 0 Å². The topological polar surface area (TPSA) is 97.9 Å². The molecule has 0 fully saturated rings. The molecule has 0 aliphatic carbocycles. The second-order valence-corrected chi connectivity index (χ2v) is 6.95. The van der Waals surface area contributed by atoms with Crippen LogP contribution in [0.25, 0.3) is 0 Å². The molecule has 8 nitrogen and oxygen atoms in total. The van der Waals surface area contributed by atoms with E-state index in [4.69, 9.17) is 14.2 Å². The minimum Gasteiger partial charge on any atom is -0.497 e. The smallest absolute Gasteiger partial charge is 0.338 e. The molecule has 1 aliphatic heterocycles. The normalized spacial score (nSPS) is 15.6. The SMILES string of the molecule is CCOC(=O)C1=C(CNCc2ccccc2F)NC(=O)NC1c1cc(OC)ccc1OC. The van der Waals surface area contributed by atoms with Gasteiger partial charge in [-0.05, 0) is 31.2 Å². The highest BCUT2D eigenvalue weighted by Crippen LogP contribution is 2.35. The lowest BCUT2D eigenvalue weighted by molar-refractivity contribution is -0.139. The van der Waals surface area contributed by atoms with E-state index in [2.05, 4.69) is 16.0 Å². The highest BCUT2D eigenvalue weighted by atomic mass is 19.1. The minimum absolute atomic E-state index is 0.110. The number of rotatable bonds is 9. The number of hydrogen-bond donors (Lipinski definition) is 3. The molecule has 0 radical (unpaired) electrons. The Balaban J connectivity index is 1.98. The van der Waals surface area contributed by atoms with Crippen molar-refractivity contribution < 1.29 is 28.2 Å². The van der Waals surface area contributed by atoms with Crippen LogP contribution in [0.2, 0.25) is 0 Å². The van der Waals surface area contributed by atoms with E-state index in [0.717, 1.165) is 0 Å². The van der Waals surface area contributed by atoms with Crippen molar-refractivity contribution in [1.29, 1.82) is 0 Å². The predicted molar refractivity (Wildman–Crippen MR) is 116 cm³/mol. The van der Waals surface area contributed by atoms with Gasteiger partial charge in [0.1, 0.15) is 17.3 Å². The molecule has 3 rings (SSSR count). The minimum atomic E-state index is -0.835. The molecular weight excluding hydrogens is 417 g/mol. The number of urea groups is 1. The van der Waals surface area contributed by atoms with Crippen LogP contribution in [0, 0.1) is 5.82 Å². The summed E-state index contributed by atoms with van der Waals surface area (Å²) in [6.45, 7) is 2.18. The summed E-state index contributed by atoms with van der Waals surface area (Å²) in [6, 6.07) is 10.2. The molecule has 170 valence electrons. The number of amides is 2. The van der Waals surface area contributed by atoms with Crippen molar-refractivity contribution in [3.63, 3.8) is 0 Å². The molecule has 2 amide bonds. The van der Waals surface area contributed by atoms with E-state index >= 15 is 0 Å². The van der Waals surface area contributed by atoms with Crippen molar-refractivity contribution in [3.8, 4) is 11.5 Å². The van der Waals surface area contributed by atoms with Gasteiger partial charge in [0.05, 0.1) is 32.4 Å². The van der Waals surface area contributed by atoms with E-state index in [0.29, 0.717) is 28.3 Å². The van der Waals surface area contributed by atoms with Crippen LogP contribution in [-0.4, -0.2) is 39.4 Å². The average Bonchev–Trinajstić information content (AvgIpc) is 2.79. The van der Waals surface area contributed by atoms with Crippen LogP contribution in [0.15, 0.2) is 53.7 Å². The van der Waals surface area contributed by atoms with Crippen molar-refractivity contribution in [1.82, 2.24) is 16.0 Å². The maximum Gasteiger partial charge on any atom is 0.338 e. The van der Waals surface area contributed by atoms with Gasteiger partial charge in [0, 0.05) is 29.9 Å². The number of esters is 1. The molecule has 0 saturated carbocycles. The van der Waals surface area contributed by atoms with Gasteiger partial charge in [0.2, 0.25) is 0 Å². The molecule has 1 aliphatic rings. The Labute approximate surface area is 185 Å². The van der Waals surface area contributed by atoms with Gasteiger partial charge in [0.15, 0.2) is 0 Å². The maximum atomic E-state index is 13.9. The van der Waals surface area contributed by atoms with Crippen molar-refractivity contribution in [2.45, 2.75) is 19.5 Å². The molecule has 0 spiro atoms. The summed E-state index contributed by atoms with van der Waals surface area (Å²) in [5, 5.41) is 8.51. The van der Waals surface area contributed by atoms with E-state index in [1.165, 1.54) is 20.3 Å². The summed E-state index contributed by atoms with van der Waals surface area (Å²) >= 11 is 0. The third-order valence-corrected chi connectivity index (χ3v) is 4.97. The first kappa shape index (κ1) is 23.1. The van der Waals surface area contributed by atoms with Crippen molar-refractivity contribution in [2.75, 3.05) is 27.4 Å². The third kappa shape index (κ3) is 5.17. The van der Waals surface area contributed by atoms with Gasteiger partial charge in [-0.15, -0.1) is 0 Å². The fraction of sp³-hybridized carbons (Fsp3) is 0.304. The average molecular weight is 443 g/mol. The first-order valence-corrected chi connectivity index (χ1v) is 10.1. The van der Waals surface area contributed by atoms with Gasteiger partial charge in [-0.3, -0.25) is 0 Å². The van der Waals surface area contributed by atoms with Crippen LogP contribution in [0.5, 0.6) is 11.5 Å². The van der Waals surface area contributed by atoms with Crippen LogP contribution in [-0.2, 0) is 16.1 Å². The lowest BCUT2D eigenvalue weighted by Crippen LogP contribution is -2.48. The fourth-order valence-electron chi connectivity index (χ4n) is 3.47. The number of methoxy groups -OCH3 is 2. The van der Waals surface area contributed by atoms with Gasteiger partial charge in [-0.2, -0.15) is 0 Å². The summed E-state index contributed by atoms with van der Waals surface area (Å²) in [4.78, 5) is 25.4. The number of ether oxygens (including phenoxy) is 3. The predicted octanol–water partition coefficient (Wildman–Crippen LogP) is 2.80. The Morgan fingerprint density at radius 3 is 2.59 bits per heavy atom. The van der Waals surface area contributed by atoms with Crippen LogP contribution in [0.1, 0.15) is 24.1 Å². The van der Waals surface area contributed by atoms with Gasteiger partial charge in [-0.1, -0.05) is 18.2 Å². The zero-order valence-corrected chi connectivity index (χ0v) is 18.2. The van der Waals surface area contributed by atoms with E-state index < -0.39 is 18.0 Å². The molecule has 1 heterocycles. The highest BCUT2D eigenvalue weighted by molar-refractivity contribution is 5.95. The van der Waals surface area contributed by atoms with Gasteiger partial charge in [0.25, 0.3) is 0 Å². The summed E-state index contributed by atoms with van der Waals surface area (Å²) < 4.78 is 29.9. The number of carbonyl (C=O) groups excluding carboxylic acids is 2. The van der Waals surface area contributed by atoms with Crippen LogP contribution in [0.4, 0.5) is 9.18 Å². The first-order chi connectivity index (χ1) is 15.5. The lowest BCUT2D eigenvalue weighted by Gasteiger charge is -2.30. The van der Waals surface area contributed by atoms with Crippen molar-refractivity contribution >= 4 is 12.0 Å².